The first-order chi connectivity index (χ1) is 9.12. The van der Waals surface area contributed by atoms with Crippen molar-refractivity contribution in [3.8, 4) is 5.75 Å². The molecule has 0 aromatic heterocycles. The lowest BCUT2D eigenvalue weighted by Gasteiger charge is -2.42. The first kappa shape index (κ1) is 14.3. The molecule has 0 saturated heterocycles. The van der Waals surface area contributed by atoms with E-state index in [1.165, 1.54) is 31.7 Å². The molecule has 1 aliphatic rings. The van der Waals surface area contributed by atoms with E-state index in [1.807, 2.05) is 13.0 Å². The van der Waals surface area contributed by atoms with Gasteiger partial charge >= 0.3 is 0 Å². The van der Waals surface area contributed by atoms with Crippen molar-refractivity contribution in [1.82, 2.24) is 5.32 Å². The van der Waals surface area contributed by atoms with Crippen LogP contribution in [0.15, 0.2) is 18.2 Å². The Kier molecular flexibility index (Phi) is 4.46. The Morgan fingerprint density at radius 2 is 2.16 bits per heavy atom. The highest BCUT2D eigenvalue weighted by molar-refractivity contribution is 5.36. The third kappa shape index (κ3) is 2.92. The summed E-state index contributed by atoms with van der Waals surface area (Å²) < 4.78 is 19.2. The summed E-state index contributed by atoms with van der Waals surface area (Å²) in [6.45, 7) is 5.21. The van der Waals surface area contributed by atoms with Gasteiger partial charge < -0.3 is 10.1 Å². The zero-order chi connectivity index (χ0) is 13.9. The third-order valence-electron chi connectivity index (χ3n) is 4.61. The van der Waals surface area contributed by atoms with Crippen LogP contribution in [-0.2, 0) is 0 Å². The lowest BCUT2D eigenvalue weighted by Crippen LogP contribution is -2.40. The molecule has 1 saturated carbocycles. The number of ether oxygens (including phenoxy) is 1. The van der Waals surface area contributed by atoms with Gasteiger partial charge in [0.15, 0.2) is 0 Å². The van der Waals surface area contributed by atoms with Crippen LogP contribution in [0, 0.1) is 11.2 Å². The van der Waals surface area contributed by atoms with Crippen molar-refractivity contribution in [1.29, 1.82) is 0 Å². The molecular weight excluding hydrogens is 241 g/mol. The predicted molar refractivity (Wildman–Crippen MR) is 75.9 cm³/mol. The standard InChI is InChI=1S/C16H24FNO/c1-4-16(9-6-10-16)11-18-12(2)15-13(17)7-5-8-14(15)19-3/h5,7-8,12,18H,4,6,9-11H2,1-3H3. The Hall–Kier alpha value is -1.09. The fraction of sp³-hybridized carbons (Fsp3) is 0.625. The maximum absolute atomic E-state index is 14.0. The zero-order valence-electron chi connectivity index (χ0n) is 12.1. The van der Waals surface area contributed by atoms with Crippen LogP contribution in [0.5, 0.6) is 5.75 Å². The van der Waals surface area contributed by atoms with Gasteiger partial charge in [-0.15, -0.1) is 0 Å². The summed E-state index contributed by atoms with van der Waals surface area (Å²) in [6.07, 6.45) is 5.10. The van der Waals surface area contributed by atoms with Crippen LogP contribution in [0.1, 0.15) is 51.1 Å². The van der Waals surface area contributed by atoms with E-state index in [-0.39, 0.29) is 11.9 Å². The van der Waals surface area contributed by atoms with Gasteiger partial charge in [-0.05, 0) is 43.7 Å². The van der Waals surface area contributed by atoms with Crippen molar-refractivity contribution < 1.29 is 9.13 Å². The van der Waals surface area contributed by atoms with E-state index in [0.717, 1.165) is 6.54 Å². The molecule has 1 aromatic rings. The van der Waals surface area contributed by atoms with Crippen LogP contribution < -0.4 is 10.1 Å². The molecule has 2 nitrogen and oxygen atoms in total. The van der Waals surface area contributed by atoms with Crippen LogP contribution in [0.3, 0.4) is 0 Å². The molecule has 0 amide bonds. The Labute approximate surface area is 115 Å². The second-order valence-electron chi connectivity index (χ2n) is 5.67. The first-order valence-electron chi connectivity index (χ1n) is 7.17. The molecule has 0 bridgehead atoms. The van der Waals surface area contributed by atoms with Crippen molar-refractivity contribution in [2.24, 2.45) is 5.41 Å². The summed E-state index contributed by atoms with van der Waals surface area (Å²) >= 11 is 0. The van der Waals surface area contributed by atoms with E-state index < -0.39 is 0 Å². The minimum absolute atomic E-state index is 0.0276. The molecule has 1 aromatic carbocycles. The molecule has 1 aliphatic carbocycles. The van der Waals surface area contributed by atoms with Gasteiger partial charge in [-0.25, -0.2) is 4.39 Å². The van der Waals surface area contributed by atoms with Gasteiger partial charge in [0.25, 0.3) is 0 Å². The van der Waals surface area contributed by atoms with Gasteiger partial charge in [0.1, 0.15) is 11.6 Å². The number of hydrogen-bond donors (Lipinski definition) is 1. The molecule has 0 heterocycles. The van der Waals surface area contributed by atoms with Crippen molar-refractivity contribution in [3.63, 3.8) is 0 Å². The van der Waals surface area contributed by atoms with Gasteiger partial charge in [0, 0.05) is 18.2 Å². The van der Waals surface area contributed by atoms with Crippen molar-refractivity contribution in [3.05, 3.63) is 29.6 Å². The van der Waals surface area contributed by atoms with E-state index >= 15 is 0 Å². The smallest absolute Gasteiger partial charge is 0.131 e. The summed E-state index contributed by atoms with van der Waals surface area (Å²) in [5, 5.41) is 3.49. The van der Waals surface area contributed by atoms with E-state index in [2.05, 4.69) is 12.2 Å². The second kappa shape index (κ2) is 5.91. The van der Waals surface area contributed by atoms with E-state index in [0.29, 0.717) is 16.7 Å². The molecule has 1 unspecified atom stereocenters. The number of halogens is 1. The molecule has 1 atom stereocenters. The Bertz CT molecular complexity index is 423. The number of benzene rings is 1. The molecule has 19 heavy (non-hydrogen) atoms. The molecule has 0 radical (unpaired) electrons. The summed E-state index contributed by atoms with van der Waals surface area (Å²) in [6, 6.07) is 4.97. The number of nitrogens with one attached hydrogen (secondary N) is 1. The van der Waals surface area contributed by atoms with Crippen LogP contribution in [-0.4, -0.2) is 13.7 Å². The fourth-order valence-electron chi connectivity index (χ4n) is 2.92. The first-order valence-corrected chi connectivity index (χ1v) is 7.17. The van der Waals surface area contributed by atoms with Crippen molar-refractivity contribution >= 4 is 0 Å². The second-order valence-corrected chi connectivity index (χ2v) is 5.67. The molecule has 106 valence electrons. The molecule has 1 fully saturated rings. The molecule has 2 rings (SSSR count). The van der Waals surface area contributed by atoms with Crippen LogP contribution in [0.25, 0.3) is 0 Å². The van der Waals surface area contributed by atoms with Crippen LogP contribution in [0.4, 0.5) is 4.39 Å². The highest BCUT2D eigenvalue weighted by Crippen LogP contribution is 2.43. The monoisotopic (exact) mass is 265 g/mol. The largest absolute Gasteiger partial charge is 0.496 e. The van der Waals surface area contributed by atoms with Crippen molar-refractivity contribution in [2.45, 2.75) is 45.6 Å². The predicted octanol–water partition coefficient (Wildman–Crippen LogP) is 4.07. The van der Waals surface area contributed by atoms with Crippen LogP contribution in [0.2, 0.25) is 0 Å². The normalized spacial score (nSPS) is 18.7. The third-order valence-corrected chi connectivity index (χ3v) is 4.61. The van der Waals surface area contributed by atoms with E-state index in [9.17, 15) is 4.39 Å². The Balaban J connectivity index is 2.05. The Morgan fingerprint density at radius 3 is 2.68 bits per heavy atom. The van der Waals surface area contributed by atoms with Gasteiger partial charge in [-0.2, -0.15) is 0 Å². The highest BCUT2D eigenvalue weighted by atomic mass is 19.1. The maximum atomic E-state index is 14.0. The minimum Gasteiger partial charge on any atom is -0.496 e. The van der Waals surface area contributed by atoms with Gasteiger partial charge in [0.2, 0.25) is 0 Å². The Morgan fingerprint density at radius 1 is 1.42 bits per heavy atom. The highest BCUT2D eigenvalue weighted by Gasteiger charge is 2.35. The van der Waals surface area contributed by atoms with Gasteiger partial charge in [-0.1, -0.05) is 19.4 Å². The molecule has 1 N–H and O–H groups in total. The average molecular weight is 265 g/mol. The van der Waals surface area contributed by atoms with Gasteiger partial charge in [0.05, 0.1) is 7.11 Å². The molecule has 0 spiro atoms. The van der Waals surface area contributed by atoms with Crippen molar-refractivity contribution in [2.75, 3.05) is 13.7 Å². The molecule has 3 heteroatoms. The topological polar surface area (TPSA) is 21.3 Å². The van der Waals surface area contributed by atoms with Gasteiger partial charge in [-0.3, -0.25) is 0 Å². The minimum atomic E-state index is -0.196. The summed E-state index contributed by atoms with van der Waals surface area (Å²) in [7, 11) is 1.59. The molecular formula is C16H24FNO. The average Bonchev–Trinajstić information content (AvgIpc) is 2.37. The summed E-state index contributed by atoms with van der Waals surface area (Å²) in [5.41, 5.74) is 1.07. The van der Waals surface area contributed by atoms with E-state index in [4.69, 9.17) is 4.74 Å². The quantitative estimate of drug-likeness (QED) is 0.837. The fourth-order valence-corrected chi connectivity index (χ4v) is 2.92. The maximum Gasteiger partial charge on any atom is 0.131 e. The summed E-state index contributed by atoms with van der Waals surface area (Å²) in [4.78, 5) is 0. The lowest BCUT2D eigenvalue weighted by molar-refractivity contribution is 0.119. The number of hydrogen-bond acceptors (Lipinski definition) is 2. The zero-order valence-corrected chi connectivity index (χ0v) is 12.1. The number of methoxy groups -OCH3 is 1. The summed E-state index contributed by atoms with van der Waals surface area (Å²) in [5.74, 6) is 0.428. The molecule has 0 aliphatic heterocycles. The lowest BCUT2D eigenvalue weighted by atomic mass is 9.67. The van der Waals surface area contributed by atoms with E-state index in [1.54, 1.807) is 13.2 Å². The SMILES string of the molecule is CCC1(CNC(C)c2c(F)cccc2OC)CCC1. The number of rotatable bonds is 6. The van der Waals surface area contributed by atoms with Crippen LogP contribution >= 0.6 is 0 Å².